The molecule has 16 heavy (non-hydrogen) atoms. The highest BCUT2D eigenvalue weighted by Gasteiger charge is 2.14. The number of hydrogen-bond donors (Lipinski definition) is 3. The molecule has 3 N–H and O–H groups in total. The fourth-order valence-electron chi connectivity index (χ4n) is 1.74. The van der Waals surface area contributed by atoms with Crippen molar-refractivity contribution in [1.82, 2.24) is 10.8 Å². The maximum Gasteiger partial charge on any atom is 0.0786 e. The van der Waals surface area contributed by atoms with Crippen molar-refractivity contribution >= 4 is 11.4 Å². The molecular formula is C11H22N4O. The third-order valence-electron chi connectivity index (χ3n) is 2.64. The predicted molar refractivity (Wildman–Crippen MR) is 66.5 cm³/mol. The molecule has 1 rings (SSSR count). The zero-order valence-electron chi connectivity index (χ0n) is 10.3. The first-order valence-corrected chi connectivity index (χ1v) is 5.82. The lowest BCUT2D eigenvalue weighted by atomic mass is 10.1. The van der Waals surface area contributed by atoms with E-state index in [9.17, 15) is 0 Å². The number of hydroxylamine groups is 1. The molecule has 0 aliphatic carbocycles. The molecule has 5 heteroatoms. The van der Waals surface area contributed by atoms with Gasteiger partial charge in [-0.3, -0.25) is 15.3 Å². The highest BCUT2D eigenvalue weighted by molar-refractivity contribution is 6.05. The minimum atomic E-state index is -0.139. The highest BCUT2D eigenvalue weighted by atomic mass is 16.5. The van der Waals surface area contributed by atoms with Crippen molar-refractivity contribution < 1.29 is 5.21 Å². The molecule has 2 unspecified atom stereocenters. The summed E-state index contributed by atoms with van der Waals surface area (Å²) in [6.45, 7) is 7.70. The van der Waals surface area contributed by atoms with E-state index in [0.717, 1.165) is 37.4 Å². The Balaban J connectivity index is 2.58. The largest absolute Gasteiger partial charge is 0.315 e. The zero-order valence-corrected chi connectivity index (χ0v) is 10.3. The first-order valence-electron chi connectivity index (χ1n) is 5.82. The van der Waals surface area contributed by atoms with Crippen LogP contribution in [0.25, 0.3) is 0 Å². The van der Waals surface area contributed by atoms with Gasteiger partial charge in [-0.15, -0.1) is 0 Å². The van der Waals surface area contributed by atoms with Crippen molar-refractivity contribution in [3.05, 3.63) is 0 Å². The Morgan fingerprint density at radius 3 is 2.62 bits per heavy atom. The van der Waals surface area contributed by atoms with Crippen LogP contribution in [0.5, 0.6) is 0 Å². The van der Waals surface area contributed by atoms with Gasteiger partial charge in [-0.25, -0.2) is 0 Å². The van der Waals surface area contributed by atoms with E-state index in [1.54, 1.807) is 0 Å². The Hall–Kier alpha value is -0.780. The van der Waals surface area contributed by atoms with Gasteiger partial charge < -0.3 is 5.21 Å². The third-order valence-corrected chi connectivity index (χ3v) is 2.64. The molecule has 0 aromatic heterocycles. The van der Waals surface area contributed by atoms with Gasteiger partial charge in [-0.2, -0.15) is 5.48 Å². The van der Waals surface area contributed by atoms with Crippen molar-refractivity contribution in [2.45, 2.75) is 45.8 Å². The Bertz CT molecular complexity index is 275. The van der Waals surface area contributed by atoms with Crippen molar-refractivity contribution in [2.75, 3.05) is 13.1 Å². The predicted octanol–water partition coefficient (Wildman–Crippen LogP) is 0.985. The Morgan fingerprint density at radius 2 is 1.94 bits per heavy atom. The lowest BCUT2D eigenvalue weighted by Gasteiger charge is -2.21. The maximum absolute atomic E-state index is 8.76. The molecule has 0 amide bonds. The number of nitrogens with zero attached hydrogens (tertiary/aromatic N) is 2. The SMILES string of the molecule is CC1=NCCCN=C(C(C)NC(C)NO)C1. The van der Waals surface area contributed by atoms with E-state index in [0.29, 0.717) is 0 Å². The fourth-order valence-corrected chi connectivity index (χ4v) is 1.74. The van der Waals surface area contributed by atoms with Gasteiger partial charge in [0.25, 0.3) is 0 Å². The van der Waals surface area contributed by atoms with E-state index in [2.05, 4.69) is 27.7 Å². The van der Waals surface area contributed by atoms with Crippen LogP contribution in [0.4, 0.5) is 0 Å². The van der Waals surface area contributed by atoms with Gasteiger partial charge in [0.15, 0.2) is 0 Å². The number of rotatable bonds is 4. The average molecular weight is 226 g/mol. The summed E-state index contributed by atoms with van der Waals surface area (Å²) in [5.41, 5.74) is 4.43. The summed E-state index contributed by atoms with van der Waals surface area (Å²) in [5.74, 6) is 0. The van der Waals surface area contributed by atoms with Crippen LogP contribution in [0.2, 0.25) is 0 Å². The lowest BCUT2D eigenvalue weighted by Crippen LogP contribution is -2.46. The standard InChI is InChI=1S/C11H22N4O/c1-8-7-11(13-6-4-5-12-8)9(2)14-10(3)15-16/h9-10,14-16H,4-7H2,1-3H3. The summed E-state index contributed by atoms with van der Waals surface area (Å²) < 4.78 is 0. The Morgan fingerprint density at radius 1 is 1.25 bits per heavy atom. The summed E-state index contributed by atoms with van der Waals surface area (Å²) in [6.07, 6.45) is 1.70. The minimum Gasteiger partial charge on any atom is -0.315 e. The van der Waals surface area contributed by atoms with Gasteiger partial charge in [0.05, 0.1) is 6.17 Å². The molecule has 1 aliphatic rings. The summed E-state index contributed by atoms with van der Waals surface area (Å²) in [7, 11) is 0. The molecular weight excluding hydrogens is 204 g/mol. The zero-order chi connectivity index (χ0) is 12.0. The second kappa shape index (κ2) is 6.73. The number of nitrogens with one attached hydrogen (secondary N) is 2. The molecule has 0 fully saturated rings. The quantitative estimate of drug-likeness (QED) is 0.494. The third kappa shape index (κ3) is 4.38. The van der Waals surface area contributed by atoms with Crippen molar-refractivity contribution in [3.8, 4) is 0 Å². The number of hydrogen-bond acceptors (Lipinski definition) is 5. The van der Waals surface area contributed by atoms with Crippen LogP contribution in [0.1, 0.15) is 33.6 Å². The summed E-state index contributed by atoms with van der Waals surface area (Å²) in [6, 6.07) is 0.151. The average Bonchev–Trinajstić information content (AvgIpc) is 2.22. The van der Waals surface area contributed by atoms with E-state index in [1.807, 2.05) is 13.8 Å². The van der Waals surface area contributed by atoms with Crippen LogP contribution in [0, 0.1) is 0 Å². The van der Waals surface area contributed by atoms with Crippen molar-refractivity contribution in [1.29, 1.82) is 0 Å². The van der Waals surface area contributed by atoms with Crippen molar-refractivity contribution in [3.63, 3.8) is 0 Å². The van der Waals surface area contributed by atoms with E-state index < -0.39 is 0 Å². The van der Waals surface area contributed by atoms with E-state index in [1.165, 1.54) is 0 Å². The topological polar surface area (TPSA) is 69.0 Å². The van der Waals surface area contributed by atoms with E-state index in [-0.39, 0.29) is 12.2 Å². The molecule has 0 aromatic carbocycles. The second-order valence-electron chi connectivity index (χ2n) is 4.26. The molecule has 0 saturated heterocycles. The van der Waals surface area contributed by atoms with Gasteiger partial charge >= 0.3 is 0 Å². The lowest BCUT2D eigenvalue weighted by molar-refractivity contribution is 0.116. The highest BCUT2D eigenvalue weighted by Crippen LogP contribution is 2.03. The molecule has 5 nitrogen and oxygen atoms in total. The first-order chi connectivity index (χ1) is 7.63. The molecule has 92 valence electrons. The van der Waals surface area contributed by atoms with Crippen LogP contribution in [-0.4, -0.2) is 41.9 Å². The van der Waals surface area contributed by atoms with Crippen molar-refractivity contribution in [2.24, 2.45) is 9.98 Å². The van der Waals surface area contributed by atoms with E-state index in [4.69, 9.17) is 5.21 Å². The van der Waals surface area contributed by atoms with Crippen LogP contribution in [0.3, 0.4) is 0 Å². The van der Waals surface area contributed by atoms with Crippen LogP contribution in [-0.2, 0) is 0 Å². The van der Waals surface area contributed by atoms with Gasteiger partial charge in [0.1, 0.15) is 0 Å². The van der Waals surface area contributed by atoms with E-state index >= 15 is 0 Å². The first kappa shape index (κ1) is 13.3. The normalized spacial score (nSPS) is 21.5. The fraction of sp³-hybridized carbons (Fsp3) is 0.818. The summed E-state index contributed by atoms with van der Waals surface area (Å²) in [5, 5.41) is 12.0. The summed E-state index contributed by atoms with van der Waals surface area (Å²) >= 11 is 0. The maximum atomic E-state index is 8.76. The summed E-state index contributed by atoms with van der Waals surface area (Å²) in [4.78, 5) is 9.04. The van der Waals surface area contributed by atoms with Gasteiger partial charge in [-0.05, 0) is 27.2 Å². The molecule has 1 heterocycles. The Labute approximate surface area is 97.0 Å². The van der Waals surface area contributed by atoms with Crippen LogP contribution < -0.4 is 10.8 Å². The van der Waals surface area contributed by atoms with Gasteiger partial charge in [0.2, 0.25) is 0 Å². The molecule has 0 bridgehead atoms. The monoisotopic (exact) mass is 226 g/mol. The van der Waals surface area contributed by atoms with Gasteiger partial charge in [-0.1, -0.05) is 0 Å². The van der Waals surface area contributed by atoms with Gasteiger partial charge in [0, 0.05) is 37.0 Å². The second-order valence-corrected chi connectivity index (χ2v) is 4.26. The Kier molecular flexibility index (Phi) is 5.59. The number of aliphatic imine (C=N–C) groups is 2. The smallest absolute Gasteiger partial charge is 0.0786 e. The minimum absolute atomic E-state index is 0.139. The molecule has 0 saturated carbocycles. The molecule has 0 radical (unpaired) electrons. The molecule has 2 atom stereocenters. The molecule has 1 aliphatic heterocycles. The van der Waals surface area contributed by atoms with Crippen LogP contribution >= 0.6 is 0 Å². The van der Waals surface area contributed by atoms with Crippen LogP contribution in [0.15, 0.2) is 9.98 Å². The molecule has 0 spiro atoms. The molecule has 0 aromatic rings.